The number of methoxy groups -OCH3 is 1. The molecule has 0 saturated heterocycles. The summed E-state index contributed by atoms with van der Waals surface area (Å²) >= 11 is 0. The molecule has 2 amide bonds. The minimum Gasteiger partial charge on any atom is -0.497 e. The lowest BCUT2D eigenvalue weighted by Crippen LogP contribution is -2.26. The first-order valence-electron chi connectivity index (χ1n) is 10.7. The number of amides is 2. The van der Waals surface area contributed by atoms with E-state index in [-0.39, 0.29) is 17.9 Å². The molecule has 0 saturated carbocycles. The zero-order valence-corrected chi connectivity index (χ0v) is 18.3. The molecule has 5 rings (SSSR count). The third-order valence-electron chi connectivity index (χ3n) is 5.95. The molecule has 6 heteroatoms. The van der Waals surface area contributed by atoms with Gasteiger partial charge < -0.3 is 20.4 Å². The Bertz CT molecular complexity index is 1400. The highest BCUT2D eigenvalue weighted by Gasteiger charge is 2.26. The molecule has 0 aliphatic carbocycles. The Hall–Kier alpha value is -4.32. The van der Waals surface area contributed by atoms with Gasteiger partial charge in [-0.15, -0.1) is 0 Å². The van der Waals surface area contributed by atoms with Gasteiger partial charge in [0, 0.05) is 45.1 Å². The first-order valence-corrected chi connectivity index (χ1v) is 10.7. The molecule has 1 aromatic heterocycles. The Morgan fingerprint density at radius 3 is 2.64 bits per heavy atom. The minimum absolute atomic E-state index is 0.181. The van der Waals surface area contributed by atoms with E-state index in [9.17, 15) is 9.59 Å². The summed E-state index contributed by atoms with van der Waals surface area (Å²) in [7, 11) is 1.62. The molecule has 0 fully saturated rings. The van der Waals surface area contributed by atoms with Crippen LogP contribution in [0.4, 0.5) is 5.69 Å². The molecule has 0 spiro atoms. The molecule has 164 valence electrons. The van der Waals surface area contributed by atoms with Gasteiger partial charge in [0.25, 0.3) is 11.8 Å². The fourth-order valence-electron chi connectivity index (χ4n) is 4.10. The van der Waals surface area contributed by atoms with Gasteiger partial charge in [0.15, 0.2) is 0 Å². The molecule has 3 N–H and O–H groups in total. The predicted molar refractivity (Wildman–Crippen MR) is 130 cm³/mol. The van der Waals surface area contributed by atoms with Crippen molar-refractivity contribution in [1.82, 2.24) is 10.3 Å². The minimum atomic E-state index is -0.202. The monoisotopic (exact) mass is 437 g/mol. The van der Waals surface area contributed by atoms with Crippen molar-refractivity contribution in [2.45, 2.75) is 13.0 Å². The molecule has 1 aliphatic heterocycles. The van der Waals surface area contributed by atoms with Gasteiger partial charge in [-0.3, -0.25) is 9.59 Å². The SMILES string of the molecule is COc1ccc([C@@H](C)NC(=O)c2ccc3c(c2)/C(=C/c2c[nH]c4ccccc24)C(=O)N3)cc1. The fourth-order valence-corrected chi connectivity index (χ4v) is 4.10. The van der Waals surface area contributed by atoms with Crippen LogP contribution in [0.25, 0.3) is 22.6 Å². The van der Waals surface area contributed by atoms with Crippen LogP contribution in [0, 0.1) is 0 Å². The Balaban J connectivity index is 1.42. The van der Waals surface area contributed by atoms with E-state index in [0.717, 1.165) is 33.3 Å². The Morgan fingerprint density at radius 1 is 1.06 bits per heavy atom. The summed E-state index contributed by atoms with van der Waals surface area (Å²) in [6, 6.07) is 20.6. The number of hydrogen-bond acceptors (Lipinski definition) is 3. The number of fused-ring (bicyclic) bond motifs is 2. The second-order valence-electron chi connectivity index (χ2n) is 8.03. The maximum Gasteiger partial charge on any atom is 0.256 e. The second-order valence-corrected chi connectivity index (χ2v) is 8.03. The third kappa shape index (κ3) is 3.87. The van der Waals surface area contributed by atoms with Gasteiger partial charge in [-0.05, 0) is 55.0 Å². The van der Waals surface area contributed by atoms with Crippen molar-refractivity contribution < 1.29 is 14.3 Å². The van der Waals surface area contributed by atoms with Crippen LogP contribution in [-0.4, -0.2) is 23.9 Å². The molecular formula is C27H23N3O3. The van der Waals surface area contributed by atoms with Crippen LogP contribution >= 0.6 is 0 Å². The number of hydrogen-bond donors (Lipinski definition) is 3. The van der Waals surface area contributed by atoms with Crippen molar-refractivity contribution in [3.63, 3.8) is 0 Å². The third-order valence-corrected chi connectivity index (χ3v) is 5.95. The van der Waals surface area contributed by atoms with Crippen molar-refractivity contribution >= 4 is 40.1 Å². The Morgan fingerprint density at radius 2 is 1.85 bits per heavy atom. The van der Waals surface area contributed by atoms with Crippen LogP contribution in [0.15, 0.2) is 72.9 Å². The number of nitrogens with one attached hydrogen (secondary N) is 3. The molecule has 0 bridgehead atoms. The molecule has 2 heterocycles. The highest BCUT2D eigenvalue weighted by Crippen LogP contribution is 2.35. The number of aromatic nitrogens is 1. The van der Waals surface area contributed by atoms with E-state index >= 15 is 0 Å². The normalized spacial score (nSPS) is 14.7. The van der Waals surface area contributed by atoms with Crippen LogP contribution in [0.3, 0.4) is 0 Å². The van der Waals surface area contributed by atoms with Crippen molar-refractivity contribution in [3.05, 3.63) is 95.2 Å². The van der Waals surface area contributed by atoms with E-state index in [0.29, 0.717) is 16.8 Å². The van der Waals surface area contributed by atoms with Crippen molar-refractivity contribution in [1.29, 1.82) is 0 Å². The van der Waals surface area contributed by atoms with Crippen molar-refractivity contribution in [2.75, 3.05) is 12.4 Å². The predicted octanol–water partition coefficient (Wildman–Crippen LogP) is 5.16. The summed E-state index contributed by atoms with van der Waals surface area (Å²) in [5, 5.41) is 6.95. The number of H-pyrrole nitrogens is 1. The van der Waals surface area contributed by atoms with E-state index < -0.39 is 0 Å². The number of rotatable bonds is 5. The summed E-state index contributed by atoms with van der Waals surface area (Å²) in [6.07, 6.45) is 3.75. The fraction of sp³-hybridized carbons (Fsp3) is 0.111. The Kier molecular flexibility index (Phi) is 5.18. The largest absolute Gasteiger partial charge is 0.497 e. The average Bonchev–Trinajstić information content (AvgIpc) is 3.39. The van der Waals surface area contributed by atoms with E-state index in [4.69, 9.17) is 4.74 Å². The van der Waals surface area contributed by atoms with Gasteiger partial charge in [0.2, 0.25) is 0 Å². The van der Waals surface area contributed by atoms with Gasteiger partial charge in [-0.2, -0.15) is 0 Å². The topological polar surface area (TPSA) is 83.2 Å². The number of ether oxygens (including phenoxy) is 1. The number of aromatic amines is 1. The molecule has 1 aliphatic rings. The van der Waals surface area contributed by atoms with Crippen molar-refractivity contribution in [2.24, 2.45) is 0 Å². The average molecular weight is 437 g/mol. The van der Waals surface area contributed by atoms with Crippen molar-refractivity contribution in [3.8, 4) is 5.75 Å². The lowest BCUT2D eigenvalue weighted by atomic mass is 10.0. The van der Waals surface area contributed by atoms with Gasteiger partial charge >= 0.3 is 0 Å². The lowest BCUT2D eigenvalue weighted by Gasteiger charge is -2.15. The first kappa shape index (κ1) is 20.6. The van der Waals surface area contributed by atoms with Crippen LogP contribution in [0.5, 0.6) is 5.75 Å². The maximum absolute atomic E-state index is 13.0. The summed E-state index contributed by atoms with van der Waals surface area (Å²) in [4.78, 5) is 28.9. The van der Waals surface area contributed by atoms with E-state index in [1.807, 2.05) is 67.7 Å². The standard InChI is InChI=1S/C27H23N3O3/c1-16(17-7-10-20(33-2)11-8-17)29-26(31)18-9-12-25-22(13-18)23(27(32)30-25)14-19-15-28-24-6-4-3-5-21(19)24/h3-16,28H,1-2H3,(H,29,31)(H,30,32)/b23-14-/t16-/m1/s1. The molecule has 0 radical (unpaired) electrons. The number of carbonyl (C=O) groups is 2. The van der Waals surface area contributed by atoms with E-state index in [2.05, 4.69) is 15.6 Å². The zero-order valence-electron chi connectivity index (χ0n) is 18.3. The van der Waals surface area contributed by atoms with Gasteiger partial charge in [-0.25, -0.2) is 0 Å². The number of carbonyl (C=O) groups excluding carboxylic acids is 2. The Labute approximate surface area is 191 Å². The smallest absolute Gasteiger partial charge is 0.256 e. The quantitative estimate of drug-likeness (QED) is 0.377. The second kappa shape index (κ2) is 8.31. The zero-order chi connectivity index (χ0) is 22.9. The lowest BCUT2D eigenvalue weighted by molar-refractivity contribution is -0.110. The number of anilines is 1. The highest BCUT2D eigenvalue weighted by atomic mass is 16.5. The van der Waals surface area contributed by atoms with Gasteiger partial charge in [0.1, 0.15) is 5.75 Å². The molecule has 3 aromatic carbocycles. The van der Waals surface area contributed by atoms with Crippen LogP contribution in [0.2, 0.25) is 0 Å². The first-order chi connectivity index (χ1) is 16.0. The summed E-state index contributed by atoms with van der Waals surface area (Å²) < 4.78 is 5.19. The van der Waals surface area contributed by atoms with Crippen LogP contribution < -0.4 is 15.4 Å². The molecule has 33 heavy (non-hydrogen) atoms. The highest BCUT2D eigenvalue weighted by molar-refractivity contribution is 6.35. The van der Waals surface area contributed by atoms with Gasteiger partial charge in [0.05, 0.1) is 13.2 Å². The summed E-state index contributed by atoms with van der Waals surface area (Å²) in [5.41, 5.74) is 5.35. The maximum atomic E-state index is 13.0. The molecule has 1 atom stereocenters. The molecule has 4 aromatic rings. The van der Waals surface area contributed by atoms with E-state index in [1.165, 1.54) is 0 Å². The number of benzene rings is 3. The molecule has 6 nitrogen and oxygen atoms in total. The van der Waals surface area contributed by atoms with E-state index in [1.54, 1.807) is 25.3 Å². The van der Waals surface area contributed by atoms with Crippen LogP contribution in [-0.2, 0) is 4.79 Å². The number of para-hydroxylation sites is 1. The molecular weight excluding hydrogens is 414 g/mol. The summed E-state index contributed by atoms with van der Waals surface area (Å²) in [5.74, 6) is 0.383. The molecule has 0 unspecified atom stereocenters. The van der Waals surface area contributed by atoms with Crippen LogP contribution in [0.1, 0.15) is 40.0 Å². The summed E-state index contributed by atoms with van der Waals surface area (Å²) in [6.45, 7) is 1.93. The van der Waals surface area contributed by atoms with Gasteiger partial charge in [-0.1, -0.05) is 30.3 Å².